The summed E-state index contributed by atoms with van der Waals surface area (Å²) in [4.78, 5) is 15.0. The first-order valence-electron chi connectivity index (χ1n) is 9.54. The van der Waals surface area contributed by atoms with E-state index in [2.05, 4.69) is 5.32 Å². The summed E-state index contributed by atoms with van der Waals surface area (Å²) in [6, 6.07) is 17.9. The largest absolute Gasteiger partial charge is 0.348 e. The molecule has 2 aromatic rings. The van der Waals surface area contributed by atoms with Crippen molar-refractivity contribution < 1.29 is 13.2 Å². The number of nitrogens with one attached hydrogen (secondary N) is 1. The molecule has 1 N–H and O–H groups in total. The Kier molecular flexibility index (Phi) is 6.49. The van der Waals surface area contributed by atoms with Crippen molar-refractivity contribution in [1.29, 1.82) is 0 Å². The summed E-state index contributed by atoms with van der Waals surface area (Å²) >= 11 is 0. The molecular formula is C21H27N3O3S. The van der Waals surface area contributed by atoms with E-state index in [-0.39, 0.29) is 18.0 Å². The quantitative estimate of drug-likeness (QED) is 0.806. The van der Waals surface area contributed by atoms with Crippen LogP contribution in [0.3, 0.4) is 0 Å². The van der Waals surface area contributed by atoms with Gasteiger partial charge in [-0.2, -0.15) is 4.31 Å². The van der Waals surface area contributed by atoms with Gasteiger partial charge in [0.25, 0.3) is 0 Å². The molecule has 7 heteroatoms. The predicted octanol–water partition coefficient (Wildman–Crippen LogP) is 2.26. The third-order valence-corrected chi connectivity index (χ3v) is 7.15. The monoisotopic (exact) mass is 401 g/mol. The van der Waals surface area contributed by atoms with Crippen LogP contribution in [0, 0.1) is 0 Å². The van der Waals surface area contributed by atoms with Crippen molar-refractivity contribution in [3.8, 4) is 0 Å². The first-order valence-corrected chi connectivity index (χ1v) is 11.0. The second-order valence-corrected chi connectivity index (χ2v) is 9.01. The van der Waals surface area contributed by atoms with Crippen molar-refractivity contribution in [2.75, 3.05) is 26.2 Å². The molecule has 0 unspecified atom stereocenters. The van der Waals surface area contributed by atoms with Gasteiger partial charge in [-0.1, -0.05) is 48.5 Å². The molecule has 6 nitrogen and oxygen atoms in total. The zero-order valence-electron chi connectivity index (χ0n) is 16.3. The first kappa shape index (κ1) is 20.5. The van der Waals surface area contributed by atoms with Crippen LogP contribution in [0.4, 0.5) is 0 Å². The fraction of sp³-hybridized carbons (Fsp3) is 0.381. The van der Waals surface area contributed by atoms with Crippen LogP contribution in [0.15, 0.2) is 65.6 Å². The van der Waals surface area contributed by atoms with Gasteiger partial charge in [-0.05, 0) is 31.5 Å². The molecule has 150 valence electrons. The highest BCUT2D eigenvalue weighted by atomic mass is 32.2. The summed E-state index contributed by atoms with van der Waals surface area (Å²) in [5.41, 5.74) is 1.06. The maximum Gasteiger partial charge on any atom is 0.243 e. The molecule has 1 amide bonds. The Morgan fingerprint density at radius 2 is 1.43 bits per heavy atom. The molecule has 1 fully saturated rings. The molecule has 0 radical (unpaired) electrons. The van der Waals surface area contributed by atoms with Crippen molar-refractivity contribution in [1.82, 2.24) is 14.5 Å². The van der Waals surface area contributed by atoms with Crippen LogP contribution in [-0.4, -0.2) is 55.8 Å². The zero-order valence-corrected chi connectivity index (χ0v) is 17.1. The van der Waals surface area contributed by atoms with Crippen molar-refractivity contribution in [2.24, 2.45) is 0 Å². The fourth-order valence-electron chi connectivity index (χ4n) is 3.40. The van der Waals surface area contributed by atoms with Crippen LogP contribution in [0.5, 0.6) is 0 Å². The molecule has 3 rings (SSSR count). The fourth-order valence-corrected chi connectivity index (χ4v) is 4.84. The lowest BCUT2D eigenvalue weighted by Gasteiger charge is -2.37. The number of hydrogen-bond donors (Lipinski definition) is 1. The Morgan fingerprint density at radius 3 is 2.00 bits per heavy atom. The van der Waals surface area contributed by atoms with Gasteiger partial charge in [0.05, 0.1) is 17.0 Å². The summed E-state index contributed by atoms with van der Waals surface area (Å²) in [6.07, 6.45) is 0. The minimum Gasteiger partial charge on any atom is -0.348 e. The maximum atomic E-state index is 12.7. The van der Waals surface area contributed by atoms with Crippen LogP contribution >= 0.6 is 0 Å². The highest BCUT2D eigenvalue weighted by Crippen LogP contribution is 2.18. The van der Waals surface area contributed by atoms with E-state index in [1.165, 1.54) is 4.31 Å². The van der Waals surface area contributed by atoms with Gasteiger partial charge in [0.1, 0.15) is 0 Å². The first-order chi connectivity index (χ1) is 13.4. The molecule has 28 heavy (non-hydrogen) atoms. The Morgan fingerprint density at radius 1 is 0.893 bits per heavy atom. The number of hydrogen-bond acceptors (Lipinski definition) is 4. The zero-order chi connectivity index (χ0) is 20.1. The van der Waals surface area contributed by atoms with E-state index < -0.39 is 10.0 Å². The van der Waals surface area contributed by atoms with Crippen molar-refractivity contribution in [2.45, 2.75) is 30.8 Å². The van der Waals surface area contributed by atoms with E-state index in [9.17, 15) is 13.2 Å². The Hall–Kier alpha value is -2.22. The summed E-state index contributed by atoms with van der Waals surface area (Å²) in [6.45, 7) is 5.64. The lowest BCUT2D eigenvalue weighted by atomic mass is 10.1. The number of piperazine rings is 1. The van der Waals surface area contributed by atoms with Gasteiger partial charge >= 0.3 is 0 Å². The van der Waals surface area contributed by atoms with Gasteiger partial charge in [0.2, 0.25) is 15.9 Å². The van der Waals surface area contributed by atoms with Crippen molar-refractivity contribution in [3.63, 3.8) is 0 Å². The molecule has 0 aromatic heterocycles. The molecular weight excluding hydrogens is 374 g/mol. The van der Waals surface area contributed by atoms with Gasteiger partial charge in [-0.3, -0.25) is 9.69 Å². The third kappa shape index (κ3) is 4.60. The second-order valence-electron chi connectivity index (χ2n) is 7.07. The topological polar surface area (TPSA) is 69.7 Å². The number of carbonyl (C=O) groups is 1. The number of benzene rings is 2. The highest BCUT2D eigenvalue weighted by molar-refractivity contribution is 7.89. The number of nitrogens with zero attached hydrogens (tertiary/aromatic N) is 2. The van der Waals surface area contributed by atoms with E-state index in [4.69, 9.17) is 0 Å². The normalized spacial score (nSPS) is 18.4. The van der Waals surface area contributed by atoms with Crippen LogP contribution in [0.2, 0.25) is 0 Å². The van der Waals surface area contributed by atoms with E-state index >= 15 is 0 Å². The molecule has 0 spiro atoms. The molecule has 0 aliphatic carbocycles. The molecule has 2 atom stereocenters. The lowest BCUT2D eigenvalue weighted by molar-refractivity contribution is -0.127. The molecule has 1 saturated heterocycles. The van der Waals surface area contributed by atoms with Crippen molar-refractivity contribution in [3.05, 3.63) is 66.2 Å². The summed E-state index contributed by atoms with van der Waals surface area (Å²) in [7, 11) is -3.48. The maximum absolute atomic E-state index is 12.7. The Bertz CT molecular complexity index is 880. The lowest BCUT2D eigenvalue weighted by Crippen LogP contribution is -2.55. The van der Waals surface area contributed by atoms with Crippen molar-refractivity contribution >= 4 is 15.9 Å². The van der Waals surface area contributed by atoms with Crippen LogP contribution in [0.1, 0.15) is 25.5 Å². The van der Waals surface area contributed by atoms with E-state index in [1.807, 2.05) is 49.1 Å². The van der Waals surface area contributed by atoms with Gasteiger partial charge in [0.15, 0.2) is 0 Å². The minimum absolute atomic E-state index is 0.0456. The summed E-state index contributed by atoms with van der Waals surface area (Å²) < 4.78 is 27.0. The molecule has 1 aliphatic rings. The molecule has 0 bridgehead atoms. The average molecular weight is 402 g/mol. The summed E-state index contributed by atoms with van der Waals surface area (Å²) in [5, 5.41) is 3.05. The van der Waals surface area contributed by atoms with Gasteiger partial charge in [-0.15, -0.1) is 0 Å². The number of amides is 1. The van der Waals surface area contributed by atoms with Crippen LogP contribution < -0.4 is 5.32 Å². The Labute approximate surface area is 167 Å². The van der Waals surface area contributed by atoms with Crippen LogP contribution in [0.25, 0.3) is 0 Å². The minimum atomic E-state index is -3.48. The number of rotatable bonds is 6. The smallest absolute Gasteiger partial charge is 0.243 e. The molecule has 0 saturated carbocycles. The third-order valence-electron chi connectivity index (χ3n) is 5.24. The number of sulfonamides is 1. The second kappa shape index (κ2) is 8.86. The van der Waals surface area contributed by atoms with E-state index in [1.54, 1.807) is 30.3 Å². The standard InChI is InChI=1S/C21H27N3O3S/c1-17(19-9-5-3-6-10-19)22-21(25)18(2)23-13-15-24(16-14-23)28(26,27)20-11-7-4-8-12-20/h3-12,17-18H,13-16H2,1-2H3,(H,22,25)/t17-,18+/m0/s1. The van der Waals surface area contributed by atoms with E-state index in [0.717, 1.165) is 5.56 Å². The van der Waals surface area contributed by atoms with Gasteiger partial charge in [-0.25, -0.2) is 8.42 Å². The molecule has 1 aliphatic heterocycles. The average Bonchev–Trinajstić information content (AvgIpc) is 2.74. The van der Waals surface area contributed by atoms with Gasteiger partial charge < -0.3 is 5.32 Å². The van der Waals surface area contributed by atoms with Crippen LogP contribution in [-0.2, 0) is 14.8 Å². The predicted molar refractivity (Wildman–Crippen MR) is 109 cm³/mol. The number of carbonyl (C=O) groups excluding carboxylic acids is 1. The van der Waals surface area contributed by atoms with Gasteiger partial charge in [0, 0.05) is 26.2 Å². The summed E-state index contributed by atoms with van der Waals surface area (Å²) in [5.74, 6) is -0.0456. The molecule has 2 aromatic carbocycles. The highest BCUT2D eigenvalue weighted by Gasteiger charge is 2.32. The SMILES string of the molecule is C[C@H](NC(=O)[C@@H](C)N1CCN(S(=O)(=O)c2ccccc2)CC1)c1ccccc1. The molecule has 1 heterocycles. The Balaban J connectivity index is 1.56. The van der Waals surface area contributed by atoms with E-state index in [0.29, 0.717) is 31.1 Å².